The number of nitrogens with zero attached hydrogens (tertiary/aromatic N) is 2. The van der Waals surface area contributed by atoms with Gasteiger partial charge in [-0.2, -0.15) is 5.10 Å². The van der Waals surface area contributed by atoms with Gasteiger partial charge in [-0.15, -0.1) is 0 Å². The first-order chi connectivity index (χ1) is 6.84. The lowest BCUT2D eigenvalue weighted by molar-refractivity contribution is 0.324. The number of H-pyrrole nitrogens is 1. The van der Waals surface area contributed by atoms with E-state index in [4.69, 9.17) is 0 Å². The number of aromatic nitrogens is 2. The van der Waals surface area contributed by atoms with Gasteiger partial charge in [0.15, 0.2) is 0 Å². The second-order valence-corrected chi connectivity index (χ2v) is 4.07. The Bertz CT molecular complexity index is 253. The van der Waals surface area contributed by atoms with Crippen molar-refractivity contribution in [2.24, 2.45) is 0 Å². The molecular formula is C10H18N4. The second-order valence-electron chi connectivity index (χ2n) is 4.07. The predicted molar refractivity (Wildman–Crippen MR) is 55.9 cm³/mol. The second kappa shape index (κ2) is 4.57. The molecule has 4 heteroatoms. The lowest BCUT2D eigenvalue weighted by Gasteiger charge is -2.15. The summed E-state index contributed by atoms with van der Waals surface area (Å²) in [7, 11) is 2.14. The third-order valence-corrected chi connectivity index (χ3v) is 2.51. The van der Waals surface area contributed by atoms with Crippen LogP contribution in [0.25, 0.3) is 0 Å². The van der Waals surface area contributed by atoms with Crippen LogP contribution in [0.3, 0.4) is 0 Å². The van der Waals surface area contributed by atoms with E-state index in [1.807, 2.05) is 12.4 Å². The van der Waals surface area contributed by atoms with Gasteiger partial charge in [-0.1, -0.05) is 0 Å². The van der Waals surface area contributed by atoms with Crippen molar-refractivity contribution in [1.82, 2.24) is 20.4 Å². The topological polar surface area (TPSA) is 44.0 Å². The average molecular weight is 194 g/mol. The Morgan fingerprint density at radius 3 is 3.14 bits per heavy atom. The van der Waals surface area contributed by atoms with Crippen LogP contribution >= 0.6 is 0 Å². The minimum absolute atomic E-state index is 0.817. The molecule has 1 aliphatic rings. The average Bonchev–Trinajstić information content (AvgIpc) is 2.83. The fourth-order valence-electron chi connectivity index (χ4n) is 1.50. The fraction of sp³-hybridized carbons (Fsp3) is 0.700. The maximum absolute atomic E-state index is 3.93. The quantitative estimate of drug-likeness (QED) is 0.696. The lowest BCUT2D eigenvalue weighted by Crippen LogP contribution is -2.29. The molecule has 0 aromatic carbocycles. The van der Waals surface area contributed by atoms with Gasteiger partial charge in [-0.3, -0.25) is 5.10 Å². The Labute approximate surface area is 84.7 Å². The Morgan fingerprint density at radius 2 is 2.50 bits per heavy atom. The summed E-state index contributed by atoms with van der Waals surface area (Å²) in [6.07, 6.45) is 6.56. The summed E-state index contributed by atoms with van der Waals surface area (Å²) in [6.45, 7) is 3.17. The van der Waals surface area contributed by atoms with E-state index in [0.717, 1.165) is 25.7 Å². The Kier molecular flexibility index (Phi) is 3.16. The molecule has 1 aliphatic carbocycles. The van der Waals surface area contributed by atoms with E-state index in [1.54, 1.807) is 0 Å². The van der Waals surface area contributed by atoms with Crippen LogP contribution in [-0.2, 0) is 6.54 Å². The molecule has 1 saturated carbocycles. The monoisotopic (exact) mass is 194 g/mol. The Morgan fingerprint density at radius 1 is 1.64 bits per heavy atom. The largest absolute Gasteiger partial charge is 0.313 e. The fourth-order valence-corrected chi connectivity index (χ4v) is 1.50. The van der Waals surface area contributed by atoms with Gasteiger partial charge in [0.2, 0.25) is 0 Å². The number of hydrogen-bond donors (Lipinski definition) is 2. The van der Waals surface area contributed by atoms with Crippen LogP contribution < -0.4 is 5.32 Å². The molecule has 0 unspecified atom stereocenters. The zero-order chi connectivity index (χ0) is 9.80. The van der Waals surface area contributed by atoms with E-state index >= 15 is 0 Å². The Balaban J connectivity index is 1.60. The maximum Gasteiger partial charge on any atom is 0.0532 e. The number of aromatic amines is 1. The molecule has 14 heavy (non-hydrogen) atoms. The minimum atomic E-state index is 0.817. The molecule has 1 heterocycles. The van der Waals surface area contributed by atoms with Crippen molar-refractivity contribution < 1.29 is 0 Å². The summed E-state index contributed by atoms with van der Waals surface area (Å²) in [5.74, 6) is 0. The molecule has 2 N–H and O–H groups in total. The van der Waals surface area contributed by atoms with E-state index < -0.39 is 0 Å². The highest BCUT2D eigenvalue weighted by Crippen LogP contribution is 2.17. The minimum Gasteiger partial charge on any atom is -0.313 e. The van der Waals surface area contributed by atoms with E-state index in [0.29, 0.717) is 0 Å². The SMILES string of the molecule is CN(CCNC1CC1)Cc1cn[nH]c1. The summed E-state index contributed by atoms with van der Waals surface area (Å²) in [4.78, 5) is 2.31. The zero-order valence-electron chi connectivity index (χ0n) is 8.66. The molecule has 1 aromatic rings. The molecule has 1 aromatic heterocycles. The van der Waals surface area contributed by atoms with Crippen molar-refractivity contribution in [1.29, 1.82) is 0 Å². The van der Waals surface area contributed by atoms with Gasteiger partial charge in [-0.05, 0) is 19.9 Å². The van der Waals surface area contributed by atoms with Gasteiger partial charge in [-0.25, -0.2) is 0 Å². The molecule has 78 valence electrons. The van der Waals surface area contributed by atoms with Crippen molar-refractivity contribution in [3.63, 3.8) is 0 Å². The molecule has 0 spiro atoms. The number of rotatable bonds is 6. The van der Waals surface area contributed by atoms with E-state index in [9.17, 15) is 0 Å². The summed E-state index contributed by atoms with van der Waals surface area (Å²) in [5.41, 5.74) is 1.25. The smallest absolute Gasteiger partial charge is 0.0532 e. The molecule has 0 aliphatic heterocycles. The highest BCUT2D eigenvalue weighted by molar-refractivity contribution is 5.01. The zero-order valence-corrected chi connectivity index (χ0v) is 8.66. The predicted octanol–water partition coefficient (Wildman–Crippen LogP) is 0.593. The van der Waals surface area contributed by atoms with E-state index in [2.05, 4.69) is 27.5 Å². The third kappa shape index (κ3) is 3.12. The first-order valence-corrected chi connectivity index (χ1v) is 5.24. The van der Waals surface area contributed by atoms with Crippen molar-refractivity contribution in [2.75, 3.05) is 20.1 Å². The Hall–Kier alpha value is -0.870. The number of likely N-dealkylation sites (N-methyl/N-ethyl adjacent to an activating group) is 1. The van der Waals surface area contributed by atoms with Crippen LogP contribution in [0.1, 0.15) is 18.4 Å². The van der Waals surface area contributed by atoms with Gasteiger partial charge in [0.05, 0.1) is 6.20 Å². The summed E-state index contributed by atoms with van der Waals surface area (Å²) in [5, 5.41) is 10.3. The standard InChI is InChI=1S/C10H18N4/c1-14(5-4-11-10-2-3-10)8-9-6-12-13-7-9/h6-7,10-11H,2-5,8H2,1H3,(H,12,13). The maximum atomic E-state index is 3.93. The summed E-state index contributed by atoms with van der Waals surface area (Å²) < 4.78 is 0. The summed E-state index contributed by atoms with van der Waals surface area (Å²) in [6, 6.07) is 0.817. The molecule has 1 fully saturated rings. The van der Waals surface area contributed by atoms with Crippen LogP contribution in [0, 0.1) is 0 Å². The highest BCUT2D eigenvalue weighted by Gasteiger charge is 2.19. The van der Waals surface area contributed by atoms with Gasteiger partial charge in [0.1, 0.15) is 0 Å². The number of hydrogen-bond acceptors (Lipinski definition) is 3. The van der Waals surface area contributed by atoms with E-state index in [-0.39, 0.29) is 0 Å². The van der Waals surface area contributed by atoms with Gasteiger partial charge in [0.25, 0.3) is 0 Å². The van der Waals surface area contributed by atoms with Crippen LogP contribution in [-0.4, -0.2) is 41.3 Å². The van der Waals surface area contributed by atoms with Crippen molar-refractivity contribution in [3.8, 4) is 0 Å². The van der Waals surface area contributed by atoms with Gasteiger partial charge >= 0.3 is 0 Å². The van der Waals surface area contributed by atoms with Gasteiger partial charge < -0.3 is 10.2 Å². The van der Waals surface area contributed by atoms with Crippen LogP contribution in [0.4, 0.5) is 0 Å². The van der Waals surface area contributed by atoms with Crippen molar-refractivity contribution in [2.45, 2.75) is 25.4 Å². The van der Waals surface area contributed by atoms with Crippen molar-refractivity contribution >= 4 is 0 Å². The van der Waals surface area contributed by atoms with E-state index in [1.165, 1.54) is 18.4 Å². The molecule has 0 saturated heterocycles. The molecule has 4 nitrogen and oxygen atoms in total. The van der Waals surface area contributed by atoms with Gasteiger partial charge in [0, 0.05) is 37.4 Å². The molecule has 2 rings (SSSR count). The van der Waals surface area contributed by atoms with Crippen LogP contribution in [0.15, 0.2) is 12.4 Å². The highest BCUT2D eigenvalue weighted by atomic mass is 15.1. The number of nitrogens with one attached hydrogen (secondary N) is 2. The lowest BCUT2D eigenvalue weighted by atomic mass is 10.3. The normalized spacial score (nSPS) is 16.4. The van der Waals surface area contributed by atoms with Crippen molar-refractivity contribution in [3.05, 3.63) is 18.0 Å². The first kappa shape index (κ1) is 9.68. The first-order valence-electron chi connectivity index (χ1n) is 5.24. The summed E-state index contributed by atoms with van der Waals surface area (Å²) >= 11 is 0. The molecule has 0 amide bonds. The van der Waals surface area contributed by atoms with Crippen LogP contribution in [0.2, 0.25) is 0 Å². The molecule has 0 bridgehead atoms. The van der Waals surface area contributed by atoms with Crippen LogP contribution in [0.5, 0.6) is 0 Å². The third-order valence-electron chi connectivity index (χ3n) is 2.51. The molecule has 0 atom stereocenters. The molecule has 0 radical (unpaired) electrons. The molecular weight excluding hydrogens is 176 g/mol.